The molecule has 0 heterocycles. The highest BCUT2D eigenvalue weighted by molar-refractivity contribution is 6.06. The Morgan fingerprint density at radius 3 is 2.37 bits per heavy atom. The molecule has 1 N–H and O–H groups in total. The summed E-state index contributed by atoms with van der Waals surface area (Å²) in [5, 5.41) is 2.62. The number of hydrogen-bond acceptors (Lipinski definition) is 6. The Labute approximate surface area is 156 Å². The second kappa shape index (κ2) is 9.76. The molecule has 0 spiro atoms. The van der Waals surface area contributed by atoms with Crippen LogP contribution in [-0.2, 0) is 19.1 Å². The van der Waals surface area contributed by atoms with E-state index in [2.05, 4.69) is 10.1 Å². The largest absolute Gasteiger partial charge is 0.497 e. The Bertz CT molecular complexity index is 842. The maximum Gasteiger partial charge on any atom is 0.344 e. The molecule has 1 amide bonds. The fraction of sp³-hybridized carbons (Fsp3) is 0.150. The van der Waals surface area contributed by atoms with Crippen molar-refractivity contribution in [2.24, 2.45) is 0 Å². The predicted octanol–water partition coefficient (Wildman–Crippen LogP) is 2.68. The molecule has 0 atom stereocenters. The second-order valence-electron chi connectivity index (χ2n) is 5.29. The number of nitrogens with one attached hydrogen (secondary N) is 1. The first-order valence-corrected chi connectivity index (χ1v) is 7.99. The van der Waals surface area contributed by atoms with Crippen LogP contribution >= 0.6 is 0 Å². The number of benzene rings is 2. The van der Waals surface area contributed by atoms with E-state index < -0.39 is 24.5 Å². The van der Waals surface area contributed by atoms with Crippen LogP contribution in [0.1, 0.15) is 15.9 Å². The van der Waals surface area contributed by atoms with Crippen LogP contribution in [-0.4, -0.2) is 38.7 Å². The molecule has 0 aliphatic heterocycles. The molecular formula is C20H19NO6. The van der Waals surface area contributed by atoms with Crippen molar-refractivity contribution in [1.82, 2.24) is 0 Å². The highest BCUT2D eigenvalue weighted by Gasteiger charge is 2.15. The lowest BCUT2D eigenvalue weighted by Crippen LogP contribution is -2.17. The molecule has 0 aliphatic rings. The normalized spacial score (nSPS) is 10.3. The third-order valence-electron chi connectivity index (χ3n) is 3.50. The summed E-state index contributed by atoms with van der Waals surface area (Å²) in [6.45, 7) is -0.505. The zero-order valence-corrected chi connectivity index (χ0v) is 14.9. The number of amides is 1. The van der Waals surface area contributed by atoms with E-state index in [4.69, 9.17) is 9.47 Å². The Kier molecular flexibility index (Phi) is 7.13. The van der Waals surface area contributed by atoms with Crippen molar-refractivity contribution in [1.29, 1.82) is 0 Å². The molecule has 27 heavy (non-hydrogen) atoms. The number of methoxy groups -OCH3 is 2. The maximum absolute atomic E-state index is 12.1. The molecule has 140 valence electrons. The number of para-hydroxylation sites is 1. The van der Waals surface area contributed by atoms with Gasteiger partial charge in [0.05, 0.1) is 25.5 Å². The number of anilines is 1. The highest BCUT2D eigenvalue weighted by atomic mass is 16.6. The van der Waals surface area contributed by atoms with Crippen LogP contribution < -0.4 is 10.1 Å². The van der Waals surface area contributed by atoms with Gasteiger partial charge in [-0.1, -0.05) is 24.3 Å². The quantitative estimate of drug-likeness (QED) is 0.596. The summed E-state index contributed by atoms with van der Waals surface area (Å²) in [5.41, 5.74) is 1.22. The topological polar surface area (TPSA) is 90.9 Å². The number of carbonyl (C=O) groups excluding carboxylic acids is 3. The Morgan fingerprint density at radius 2 is 1.70 bits per heavy atom. The Balaban J connectivity index is 2.03. The fourth-order valence-electron chi connectivity index (χ4n) is 2.09. The molecule has 0 aromatic heterocycles. The highest BCUT2D eigenvalue weighted by Crippen LogP contribution is 2.17. The number of rotatable bonds is 7. The van der Waals surface area contributed by atoms with Crippen molar-refractivity contribution in [3.8, 4) is 5.75 Å². The van der Waals surface area contributed by atoms with Gasteiger partial charge in [-0.25, -0.2) is 9.59 Å². The van der Waals surface area contributed by atoms with Gasteiger partial charge in [0.25, 0.3) is 0 Å². The number of carbonyl (C=O) groups is 3. The second-order valence-corrected chi connectivity index (χ2v) is 5.29. The van der Waals surface area contributed by atoms with Gasteiger partial charge in [-0.2, -0.15) is 0 Å². The maximum atomic E-state index is 12.1. The van der Waals surface area contributed by atoms with Crippen molar-refractivity contribution >= 4 is 29.6 Å². The third-order valence-corrected chi connectivity index (χ3v) is 3.50. The minimum absolute atomic E-state index is 0.132. The molecule has 7 nitrogen and oxygen atoms in total. The minimum Gasteiger partial charge on any atom is -0.497 e. The summed E-state index contributed by atoms with van der Waals surface area (Å²) in [5.74, 6) is -1.11. The molecule has 0 unspecified atom stereocenters. The lowest BCUT2D eigenvalue weighted by Gasteiger charge is -2.09. The lowest BCUT2D eigenvalue weighted by atomic mass is 10.1. The molecule has 2 rings (SSSR count). The van der Waals surface area contributed by atoms with Crippen molar-refractivity contribution in [2.45, 2.75) is 0 Å². The van der Waals surface area contributed by atoms with Crippen LogP contribution in [0.3, 0.4) is 0 Å². The minimum atomic E-state index is -0.740. The van der Waals surface area contributed by atoms with Crippen molar-refractivity contribution in [3.05, 3.63) is 65.7 Å². The molecule has 0 saturated carbocycles. The summed E-state index contributed by atoms with van der Waals surface area (Å²) < 4.78 is 14.4. The van der Waals surface area contributed by atoms with Crippen LogP contribution in [0.15, 0.2) is 54.6 Å². The van der Waals surface area contributed by atoms with Crippen molar-refractivity contribution in [3.63, 3.8) is 0 Å². The zero-order valence-electron chi connectivity index (χ0n) is 14.9. The van der Waals surface area contributed by atoms with E-state index in [9.17, 15) is 14.4 Å². The molecular weight excluding hydrogens is 350 g/mol. The Morgan fingerprint density at radius 1 is 1.00 bits per heavy atom. The van der Waals surface area contributed by atoms with Gasteiger partial charge in [0.15, 0.2) is 6.61 Å². The van der Waals surface area contributed by atoms with E-state index in [-0.39, 0.29) is 11.3 Å². The summed E-state index contributed by atoms with van der Waals surface area (Å²) in [6, 6.07) is 13.5. The lowest BCUT2D eigenvalue weighted by molar-refractivity contribution is -0.144. The predicted molar refractivity (Wildman–Crippen MR) is 99.4 cm³/mol. The average Bonchev–Trinajstić information content (AvgIpc) is 2.71. The van der Waals surface area contributed by atoms with Gasteiger partial charge in [-0.15, -0.1) is 0 Å². The van der Waals surface area contributed by atoms with Gasteiger partial charge in [-0.05, 0) is 35.9 Å². The first-order valence-electron chi connectivity index (χ1n) is 7.99. The average molecular weight is 369 g/mol. The van der Waals surface area contributed by atoms with E-state index >= 15 is 0 Å². The molecule has 2 aromatic carbocycles. The molecule has 0 aliphatic carbocycles. The first-order chi connectivity index (χ1) is 13.0. The van der Waals surface area contributed by atoms with E-state index in [0.717, 1.165) is 11.3 Å². The van der Waals surface area contributed by atoms with Crippen LogP contribution in [0, 0.1) is 0 Å². The van der Waals surface area contributed by atoms with E-state index in [0.29, 0.717) is 0 Å². The SMILES string of the molecule is COC(=O)COC(=O)c1ccccc1NC(=O)/C=C\c1ccc(OC)cc1. The summed E-state index contributed by atoms with van der Waals surface area (Å²) in [6.07, 6.45) is 2.98. The molecule has 2 aromatic rings. The molecule has 0 bridgehead atoms. The summed E-state index contributed by atoms with van der Waals surface area (Å²) in [4.78, 5) is 35.3. The number of hydrogen-bond donors (Lipinski definition) is 1. The van der Waals surface area contributed by atoms with Gasteiger partial charge in [0, 0.05) is 6.08 Å². The third kappa shape index (κ3) is 6.00. The van der Waals surface area contributed by atoms with Gasteiger partial charge >= 0.3 is 11.9 Å². The monoisotopic (exact) mass is 369 g/mol. The van der Waals surface area contributed by atoms with Gasteiger partial charge in [0.2, 0.25) is 5.91 Å². The van der Waals surface area contributed by atoms with E-state index in [1.165, 1.54) is 19.3 Å². The van der Waals surface area contributed by atoms with Gasteiger partial charge < -0.3 is 19.5 Å². The van der Waals surface area contributed by atoms with E-state index in [1.807, 2.05) is 0 Å². The van der Waals surface area contributed by atoms with E-state index in [1.54, 1.807) is 55.7 Å². The molecule has 0 saturated heterocycles. The van der Waals surface area contributed by atoms with Crippen LogP contribution in [0.2, 0.25) is 0 Å². The molecule has 0 fully saturated rings. The summed E-state index contributed by atoms with van der Waals surface area (Å²) in [7, 11) is 2.77. The van der Waals surface area contributed by atoms with Crippen molar-refractivity contribution in [2.75, 3.05) is 26.1 Å². The number of ether oxygens (including phenoxy) is 3. The van der Waals surface area contributed by atoms with Crippen molar-refractivity contribution < 1.29 is 28.6 Å². The zero-order chi connectivity index (χ0) is 19.6. The van der Waals surface area contributed by atoms with Crippen LogP contribution in [0.4, 0.5) is 5.69 Å². The smallest absolute Gasteiger partial charge is 0.344 e. The standard InChI is InChI=1S/C20H19NO6/c1-25-15-10-7-14(8-11-15)9-12-18(22)21-17-6-4-3-5-16(17)20(24)27-13-19(23)26-2/h3-12H,13H2,1-2H3,(H,21,22)/b12-9-. The van der Waals surface area contributed by atoms with Gasteiger partial charge in [-0.3, -0.25) is 4.79 Å². The van der Waals surface area contributed by atoms with Crippen LogP contribution in [0.5, 0.6) is 5.75 Å². The summed E-state index contributed by atoms with van der Waals surface area (Å²) >= 11 is 0. The first kappa shape index (κ1) is 19.7. The number of esters is 2. The van der Waals surface area contributed by atoms with Gasteiger partial charge in [0.1, 0.15) is 5.75 Å². The molecule has 0 radical (unpaired) electrons. The molecule has 7 heteroatoms. The van der Waals surface area contributed by atoms with Crippen LogP contribution in [0.25, 0.3) is 6.08 Å². The fourth-order valence-corrected chi connectivity index (χ4v) is 2.09. The Hall–Kier alpha value is -3.61.